The summed E-state index contributed by atoms with van der Waals surface area (Å²) in [5.74, 6) is 1.35. The molecule has 9 nitrogen and oxygen atoms in total. The van der Waals surface area contributed by atoms with E-state index in [0.29, 0.717) is 29.1 Å². The maximum absolute atomic E-state index is 12.4. The van der Waals surface area contributed by atoms with Crippen LogP contribution in [0.5, 0.6) is 0 Å². The lowest BCUT2D eigenvalue weighted by atomic mass is 10.3. The smallest absolute Gasteiger partial charge is 0.245 e. The molecular formula is C19H22N6O3S. The van der Waals surface area contributed by atoms with Gasteiger partial charge in [-0.1, -0.05) is 11.8 Å². The Morgan fingerprint density at radius 3 is 2.83 bits per heavy atom. The SMILES string of the molecule is CCn1c(SCC(=O)N(C)CC(=O)Nc2cc(C)ccn2)nnc1-c1ccco1. The molecule has 0 unspecified atom stereocenters. The molecule has 0 aliphatic carbocycles. The van der Waals surface area contributed by atoms with E-state index >= 15 is 0 Å². The van der Waals surface area contributed by atoms with Gasteiger partial charge in [0, 0.05) is 19.8 Å². The molecule has 0 bridgehead atoms. The molecule has 2 amide bonds. The fourth-order valence-electron chi connectivity index (χ4n) is 2.60. The zero-order chi connectivity index (χ0) is 20.8. The Morgan fingerprint density at radius 1 is 1.31 bits per heavy atom. The van der Waals surface area contributed by atoms with Gasteiger partial charge in [0.2, 0.25) is 11.8 Å². The van der Waals surface area contributed by atoms with Crippen LogP contribution < -0.4 is 5.32 Å². The maximum Gasteiger partial charge on any atom is 0.245 e. The van der Waals surface area contributed by atoms with Gasteiger partial charge in [0.05, 0.1) is 18.6 Å². The summed E-state index contributed by atoms with van der Waals surface area (Å²) in [7, 11) is 1.59. The predicted octanol–water partition coefficient (Wildman–Crippen LogP) is 2.45. The average molecular weight is 414 g/mol. The second-order valence-corrected chi connectivity index (χ2v) is 7.28. The molecule has 10 heteroatoms. The number of nitrogens with zero attached hydrogens (tertiary/aromatic N) is 5. The molecule has 3 aromatic heterocycles. The minimum atomic E-state index is -0.305. The van der Waals surface area contributed by atoms with Crippen LogP contribution >= 0.6 is 11.8 Å². The van der Waals surface area contributed by atoms with E-state index < -0.39 is 0 Å². The topological polar surface area (TPSA) is 106 Å². The zero-order valence-electron chi connectivity index (χ0n) is 16.5. The van der Waals surface area contributed by atoms with Gasteiger partial charge in [-0.25, -0.2) is 4.98 Å². The van der Waals surface area contributed by atoms with Crippen molar-refractivity contribution in [3.8, 4) is 11.6 Å². The van der Waals surface area contributed by atoms with Crippen LogP contribution in [0, 0.1) is 6.92 Å². The van der Waals surface area contributed by atoms with Gasteiger partial charge in [0.25, 0.3) is 0 Å². The lowest BCUT2D eigenvalue weighted by molar-refractivity contribution is -0.131. The van der Waals surface area contributed by atoms with E-state index in [1.54, 1.807) is 31.6 Å². The molecule has 0 fully saturated rings. The fraction of sp³-hybridized carbons (Fsp3) is 0.316. The van der Waals surface area contributed by atoms with Gasteiger partial charge in [0.15, 0.2) is 16.7 Å². The lowest BCUT2D eigenvalue weighted by Gasteiger charge is -2.16. The van der Waals surface area contributed by atoms with Crippen LogP contribution in [0.4, 0.5) is 5.82 Å². The maximum atomic E-state index is 12.4. The average Bonchev–Trinajstić information content (AvgIpc) is 3.34. The highest BCUT2D eigenvalue weighted by Crippen LogP contribution is 2.24. The fourth-order valence-corrected chi connectivity index (χ4v) is 3.54. The summed E-state index contributed by atoms with van der Waals surface area (Å²) in [6.45, 7) is 4.46. The minimum absolute atomic E-state index is 0.0624. The first-order chi connectivity index (χ1) is 14.0. The minimum Gasteiger partial charge on any atom is -0.461 e. The Labute approximate surface area is 172 Å². The highest BCUT2D eigenvalue weighted by Gasteiger charge is 2.18. The molecule has 0 saturated heterocycles. The second-order valence-electron chi connectivity index (χ2n) is 6.33. The van der Waals surface area contributed by atoms with E-state index in [9.17, 15) is 9.59 Å². The number of amides is 2. The largest absolute Gasteiger partial charge is 0.461 e. The summed E-state index contributed by atoms with van der Waals surface area (Å²) in [6, 6.07) is 7.20. The molecule has 0 atom stereocenters. The molecular weight excluding hydrogens is 392 g/mol. The monoisotopic (exact) mass is 414 g/mol. The van der Waals surface area contributed by atoms with Gasteiger partial charge in [0.1, 0.15) is 5.82 Å². The van der Waals surface area contributed by atoms with Crippen molar-refractivity contribution in [1.29, 1.82) is 0 Å². The molecule has 0 spiro atoms. The van der Waals surface area contributed by atoms with Crippen molar-refractivity contribution in [2.75, 3.05) is 24.7 Å². The summed E-state index contributed by atoms with van der Waals surface area (Å²) in [5, 5.41) is 11.6. The number of carbonyl (C=O) groups is 2. The van der Waals surface area contributed by atoms with Crippen molar-refractivity contribution in [3.63, 3.8) is 0 Å². The van der Waals surface area contributed by atoms with Gasteiger partial charge < -0.3 is 14.6 Å². The number of carbonyl (C=O) groups excluding carboxylic acids is 2. The van der Waals surface area contributed by atoms with Gasteiger partial charge in [-0.2, -0.15) is 0 Å². The van der Waals surface area contributed by atoms with Gasteiger partial charge in [-0.3, -0.25) is 14.2 Å². The van der Waals surface area contributed by atoms with Crippen molar-refractivity contribution in [3.05, 3.63) is 42.3 Å². The standard InChI is InChI=1S/C19H22N6O3S/c1-4-25-18(14-6-5-9-28-14)22-23-19(25)29-12-17(27)24(3)11-16(26)21-15-10-13(2)7-8-20-15/h5-10H,4,11-12H2,1-3H3,(H,20,21,26). The van der Waals surface area contributed by atoms with Crippen molar-refractivity contribution >= 4 is 29.4 Å². The van der Waals surface area contributed by atoms with Crippen molar-refractivity contribution in [2.45, 2.75) is 25.5 Å². The van der Waals surface area contributed by atoms with Crippen LogP contribution in [-0.2, 0) is 16.1 Å². The first-order valence-electron chi connectivity index (χ1n) is 9.04. The third-order valence-corrected chi connectivity index (χ3v) is 5.04. The van der Waals surface area contributed by atoms with Crippen LogP contribution in [0.2, 0.25) is 0 Å². The molecule has 3 rings (SSSR count). The number of hydrogen-bond donors (Lipinski definition) is 1. The van der Waals surface area contributed by atoms with E-state index in [4.69, 9.17) is 4.42 Å². The molecule has 152 valence electrons. The molecule has 29 heavy (non-hydrogen) atoms. The van der Waals surface area contributed by atoms with Crippen LogP contribution in [-0.4, -0.2) is 55.8 Å². The normalized spacial score (nSPS) is 10.7. The third kappa shape index (κ3) is 5.23. The van der Waals surface area contributed by atoms with E-state index in [1.165, 1.54) is 16.7 Å². The van der Waals surface area contributed by atoms with Crippen molar-refractivity contribution < 1.29 is 14.0 Å². The Balaban J connectivity index is 1.54. The molecule has 0 aliphatic rings. The van der Waals surface area contributed by atoms with Crippen LogP contribution in [0.25, 0.3) is 11.6 Å². The summed E-state index contributed by atoms with van der Waals surface area (Å²) in [6.07, 6.45) is 3.20. The van der Waals surface area contributed by atoms with Crippen molar-refractivity contribution in [2.24, 2.45) is 0 Å². The van der Waals surface area contributed by atoms with E-state index in [1.807, 2.05) is 30.5 Å². The summed E-state index contributed by atoms with van der Waals surface area (Å²) >= 11 is 1.27. The van der Waals surface area contributed by atoms with Crippen LogP contribution in [0.1, 0.15) is 12.5 Å². The summed E-state index contributed by atoms with van der Waals surface area (Å²) in [4.78, 5) is 30.0. The zero-order valence-corrected chi connectivity index (χ0v) is 17.3. The summed E-state index contributed by atoms with van der Waals surface area (Å²) in [5.41, 5.74) is 0.991. The quantitative estimate of drug-likeness (QED) is 0.564. The predicted molar refractivity (Wildman–Crippen MR) is 109 cm³/mol. The Bertz CT molecular complexity index is 986. The third-order valence-electron chi connectivity index (χ3n) is 4.09. The van der Waals surface area contributed by atoms with Crippen molar-refractivity contribution in [1.82, 2.24) is 24.6 Å². The van der Waals surface area contributed by atoms with Gasteiger partial charge >= 0.3 is 0 Å². The Hall–Kier alpha value is -3.14. The number of likely N-dealkylation sites (N-methyl/N-ethyl adjacent to an activating group) is 1. The molecule has 1 N–H and O–H groups in total. The van der Waals surface area contributed by atoms with Gasteiger partial charge in [-0.15, -0.1) is 10.2 Å². The van der Waals surface area contributed by atoms with E-state index in [-0.39, 0.29) is 24.1 Å². The number of anilines is 1. The number of hydrogen-bond acceptors (Lipinski definition) is 7. The van der Waals surface area contributed by atoms with Crippen LogP contribution in [0.3, 0.4) is 0 Å². The number of furan rings is 1. The first-order valence-corrected chi connectivity index (χ1v) is 10.0. The molecule has 0 radical (unpaired) electrons. The molecule has 0 saturated carbocycles. The molecule has 0 aromatic carbocycles. The molecule has 3 heterocycles. The lowest BCUT2D eigenvalue weighted by Crippen LogP contribution is -2.36. The number of pyridine rings is 1. The number of rotatable bonds is 8. The highest BCUT2D eigenvalue weighted by molar-refractivity contribution is 7.99. The number of aromatic nitrogens is 4. The highest BCUT2D eigenvalue weighted by atomic mass is 32.2. The van der Waals surface area contributed by atoms with Crippen LogP contribution in [0.15, 0.2) is 46.3 Å². The number of aryl methyl sites for hydroxylation is 1. The molecule has 0 aliphatic heterocycles. The van der Waals surface area contributed by atoms with E-state index in [2.05, 4.69) is 20.5 Å². The number of nitrogens with one attached hydrogen (secondary N) is 1. The Kier molecular flexibility index (Phi) is 6.65. The Morgan fingerprint density at radius 2 is 2.14 bits per heavy atom. The summed E-state index contributed by atoms with van der Waals surface area (Å²) < 4.78 is 7.26. The van der Waals surface area contributed by atoms with Gasteiger partial charge in [-0.05, 0) is 43.7 Å². The molecule has 3 aromatic rings. The first kappa shape index (κ1) is 20.6. The van der Waals surface area contributed by atoms with E-state index in [0.717, 1.165) is 5.56 Å². The number of thioether (sulfide) groups is 1. The second kappa shape index (κ2) is 9.37.